The van der Waals surface area contributed by atoms with E-state index in [-0.39, 0.29) is 0 Å². The van der Waals surface area contributed by atoms with Crippen molar-refractivity contribution in [2.75, 3.05) is 14.1 Å². The van der Waals surface area contributed by atoms with Gasteiger partial charge in [-0.15, -0.1) is 0 Å². The van der Waals surface area contributed by atoms with Gasteiger partial charge in [-0.25, -0.2) is 0 Å². The molecule has 0 saturated carbocycles. The maximum Gasteiger partial charge on any atom is 0.157 e. The van der Waals surface area contributed by atoms with Crippen LogP contribution in [0.1, 0.15) is 0 Å². The van der Waals surface area contributed by atoms with E-state index in [1.165, 1.54) is 0 Å². The summed E-state index contributed by atoms with van der Waals surface area (Å²) >= 11 is 6.35. The highest BCUT2D eigenvalue weighted by Crippen LogP contribution is 2.12. The molecule has 11 heavy (non-hydrogen) atoms. The number of allylic oxidation sites excluding steroid dienone is 3. The molecule has 0 aromatic carbocycles. The first kappa shape index (κ1) is 10.9. The Balaban J connectivity index is 4.26. The quantitative estimate of drug-likeness (QED) is 0.450. The Bertz CT molecular complexity index is 197. The van der Waals surface area contributed by atoms with Gasteiger partial charge >= 0.3 is 0 Å². The van der Waals surface area contributed by atoms with Crippen LogP contribution in [0.2, 0.25) is 0 Å². The Kier molecular flexibility index (Phi) is 5.50. The molecular formula is C7H9Br2NO. The van der Waals surface area contributed by atoms with Crippen molar-refractivity contribution in [2.24, 2.45) is 0 Å². The second kappa shape index (κ2) is 5.55. The van der Waals surface area contributed by atoms with E-state index in [1.54, 1.807) is 6.08 Å². The maximum absolute atomic E-state index is 10.1. The third-order valence-corrected chi connectivity index (χ3v) is 1.62. The summed E-state index contributed by atoms with van der Waals surface area (Å²) in [4.78, 5) is 12.0. The van der Waals surface area contributed by atoms with Gasteiger partial charge in [-0.3, -0.25) is 4.79 Å². The molecule has 4 heteroatoms. The highest BCUT2D eigenvalue weighted by Gasteiger charge is 1.90. The molecule has 0 N–H and O–H groups in total. The van der Waals surface area contributed by atoms with Crippen molar-refractivity contribution in [1.29, 1.82) is 0 Å². The first-order valence-electron chi connectivity index (χ1n) is 2.92. The highest BCUT2D eigenvalue weighted by atomic mass is 79.9. The Morgan fingerprint density at radius 2 is 1.82 bits per heavy atom. The zero-order chi connectivity index (χ0) is 8.85. The van der Waals surface area contributed by atoms with Crippen molar-refractivity contribution >= 4 is 38.1 Å². The number of hydrogen-bond acceptors (Lipinski definition) is 2. The van der Waals surface area contributed by atoms with Gasteiger partial charge in [-0.1, -0.05) is 0 Å². The molecule has 0 saturated heterocycles. The van der Waals surface area contributed by atoms with Crippen LogP contribution in [0.15, 0.2) is 21.2 Å². The van der Waals surface area contributed by atoms with Crippen molar-refractivity contribution in [1.82, 2.24) is 4.90 Å². The SMILES string of the molecule is CN(C)/C=C(Br)/C=C(\Br)C=O. The van der Waals surface area contributed by atoms with Crippen LogP contribution in [0.3, 0.4) is 0 Å². The molecule has 62 valence electrons. The van der Waals surface area contributed by atoms with Crippen molar-refractivity contribution in [2.45, 2.75) is 0 Å². The first-order valence-corrected chi connectivity index (χ1v) is 4.51. The number of carbonyl (C=O) groups excluding carboxylic acids is 1. The van der Waals surface area contributed by atoms with Gasteiger partial charge in [-0.2, -0.15) is 0 Å². The predicted molar refractivity (Wildman–Crippen MR) is 53.8 cm³/mol. The minimum absolute atomic E-state index is 0.516. The fraction of sp³-hybridized carbons (Fsp3) is 0.286. The summed E-state index contributed by atoms with van der Waals surface area (Å²) in [5, 5.41) is 0. The minimum atomic E-state index is 0.516. The zero-order valence-electron chi connectivity index (χ0n) is 6.34. The van der Waals surface area contributed by atoms with E-state index in [9.17, 15) is 4.79 Å². The minimum Gasteiger partial charge on any atom is -0.383 e. The summed E-state index contributed by atoms with van der Waals surface area (Å²) < 4.78 is 1.36. The summed E-state index contributed by atoms with van der Waals surface area (Å²) in [6.45, 7) is 0. The van der Waals surface area contributed by atoms with Gasteiger partial charge in [0.15, 0.2) is 6.29 Å². The summed E-state index contributed by atoms with van der Waals surface area (Å²) in [6, 6.07) is 0. The highest BCUT2D eigenvalue weighted by molar-refractivity contribution is 9.12. The Hall–Kier alpha value is -0.0900. The van der Waals surface area contributed by atoms with E-state index in [0.29, 0.717) is 4.48 Å². The number of hydrogen-bond donors (Lipinski definition) is 0. The fourth-order valence-corrected chi connectivity index (χ4v) is 1.66. The topological polar surface area (TPSA) is 20.3 Å². The molecule has 0 aromatic heterocycles. The van der Waals surface area contributed by atoms with Gasteiger partial charge in [0, 0.05) is 24.8 Å². The second-order valence-corrected chi connectivity index (χ2v) is 3.96. The summed E-state index contributed by atoms with van der Waals surface area (Å²) in [7, 11) is 3.81. The number of aldehydes is 1. The average Bonchev–Trinajstić information content (AvgIpc) is 1.85. The third-order valence-electron chi connectivity index (χ3n) is 0.770. The molecular weight excluding hydrogens is 274 g/mol. The lowest BCUT2D eigenvalue weighted by atomic mass is 10.5. The zero-order valence-corrected chi connectivity index (χ0v) is 9.52. The smallest absolute Gasteiger partial charge is 0.157 e. The van der Waals surface area contributed by atoms with Gasteiger partial charge in [0.2, 0.25) is 0 Å². The fourth-order valence-electron chi connectivity index (χ4n) is 0.450. The number of halogens is 2. The molecule has 0 aliphatic rings. The Labute approximate surface area is 83.2 Å². The van der Waals surface area contributed by atoms with E-state index >= 15 is 0 Å². The lowest BCUT2D eigenvalue weighted by molar-refractivity contribution is -0.104. The normalized spacial score (nSPS) is 13.1. The van der Waals surface area contributed by atoms with Crippen LogP contribution >= 0.6 is 31.9 Å². The number of rotatable bonds is 3. The lowest BCUT2D eigenvalue weighted by Gasteiger charge is -2.03. The predicted octanol–water partition coefficient (Wildman–Crippen LogP) is 2.26. The van der Waals surface area contributed by atoms with Crippen LogP contribution in [-0.2, 0) is 4.79 Å². The van der Waals surface area contributed by atoms with Crippen molar-refractivity contribution in [3.8, 4) is 0 Å². The van der Waals surface area contributed by atoms with Gasteiger partial charge in [-0.05, 0) is 37.9 Å². The third kappa shape index (κ3) is 6.31. The molecule has 0 rings (SSSR count). The second-order valence-electron chi connectivity index (χ2n) is 2.12. The number of nitrogens with zero attached hydrogens (tertiary/aromatic N) is 1. The van der Waals surface area contributed by atoms with Gasteiger partial charge < -0.3 is 4.90 Å². The molecule has 0 amide bonds. The van der Waals surface area contributed by atoms with Crippen molar-refractivity contribution < 1.29 is 4.79 Å². The average molecular weight is 283 g/mol. The Morgan fingerprint density at radius 1 is 1.27 bits per heavy atom. The lowest BCUT2D eigenvalue weighted by Crippen LogP contribution is -2.00. The molecule has 0 unspecified atom stereocenters. The van der Waals surface area contributed by atoms with Crippen molar-refractivity contribution in [3.05, 3.63) is 21.2 Å². The van der Waals surface area contributed by atoms with Crippen LogP contribution in [0, 0.1) is 0 Å². The molecule has 0 aliphatic heterocycles. The van der Waals surface area contributed by atoms with E-state index in [4.69, 9.17) is 0 Å². The van der Waals surface area contributed by atoms with E-state index in [0.717, 1.165) is 10.8 Å². The standard InChI is InChI=1S/C7H9Br2NO/c1-10(2)4-6(8)3-7(9)5-11/h3-5H,1-2H3/b6-4-,7-3-. The molecule has 0 heterocycles. The van der Waals surface area contributed by atoms with E-state index in [1.807, 2.05) is 25.2 Å². The summed E-state index contributed by atoms with van der Waals surface area (Å²) in [5.74, 6) is 0. The van der Waals surface area contributed by atoms with Crippen molar-refractivity contribution in [3.63, 3.8) is 0 Å². The molecule has 0 fully saturated rings. The van der Waals surface area contributed by atoms with Crippen LogP contribution in [0.25, 0.3) is 0 Å². The van der Waals surface area contributed by atoms with Gasteiger partial charge in [0.25, 0.3) is 0 Å². The van der Waals surface area contributed by atoms with Crippen LogP contribution in [0.5, 0.6) is 0 Å². The molecule has 0 atom stereocenters. The summed E-state index contributed by atoms with van der Waals surface area (Å²) in [6.07, 6.45) is 4.28. The van der Waals surface area contributed by atoms with E-state index < -0.39 is 0 Å². The van der Waals surface area contributed by atoms with Gasteiger partial charge in [0.1, 0.15) is 0 Å². The molecule has 2 nitrogen and oxygen atoms in total. The van der Waals surface area contributed by atoms with Crippen LogP contribution < -0.4 is 0 Å². The van der Waals surface area contributed by atoms with E-state index in [2.05, 4.69) is 31.9 Å². The molecule has 0 aromatic rings. The monoisotopic (exact) mass is 281 g/mol. The largest absolute Gasteiger partial charge is 0.383 e. The maximum atomic E-state index is 10.1. The molecule has 0 spiro atoms. The van der Waals surface area contributed by atoms with Gasteiger partial charge in [0.05, 0.1) is 4.48 Å². The first-order chi connectivity index (χ1) is 5.06. The molecule has 0 aliphatic carbocycles. The Morgan fingerprint density at radius 3 is 2.18 bits per heavy atom. The van der Waals surface area contributed by atoms with Crippen LogP contribution in [-0.4, -0.2) is 25.3 Å². The number of carbonyl (C=O) groups is 1. The summed E-state index contributed by atoms with van der Waals surface area (Å²) in [5.41, 5.74) is 0. The van der Waals surface area contributed by atoms with Crippen LogP contribution in [0.4, 0.5) is 0 Å². The molecule has 0 radical (unpaired) electrons. The molecule has 0 bridgehead atoms.